The molecule has 0 unspecified atom stereocenters. The Morgan fingerprint density at radius 1 is 1.19 bits per heavy atom. The molecule has 140 valence electrons. The van der Waals surface area contributed by atoms with Crippen LogP contribution < -0.4 is 17.0 Å². The van der Waals surface area contributed by atoms with Gasteiger partial charge in [0, 0.05) is 20.6 Å². The number of rotatable bonds is 6. The van der Waals surface area contributed by atoms with Crippen LogP contribution in [0.3, 0.4) is 0 Å². The molecule has 9 heteroatoms. The first-order valence-electron chi connectivity index (χ1n) is 8.19. The third kappa shape index (κ3) is 3.72. The van der Waals surface area contributed by atoms with Gasteiger partial charge in [-0.2, -0.15) is 0 Å². The molecule has 8 nitrogen and oxygen atoms in total. The maximum Gasteiger partial charge on any atom is 0.332 e. The maximum absolute atomic E-state index is 12.7. The number of nitrogens with zero attached hydrogens (tertiary/aromatic N) is 4. The molecule has 2 N–H and O–H groups in total. The van der Waals surface area contributed by atoms with E-state index in [-0.39, 0.29) is 11.4 Å². The Balaban J connectivity index is 2.11. The van der Waals surface area contributed by atoms with Gasteiger partial charge in [0.05, 0.1) is 5.75 Å². The van der Waals surface area contributed by atoms with E-state index in [2.05, 4.69) is 4.98 Å². The fourth-order valence-corrected chi connectivity index (χ4v) is 3.44. The van der Waals surface area contributed by atoms with Gasteiger partial charge in [-0.3, -0.25) is 18.7 Å². The summed E-state index contributed by atoms with van der Waals surface area (Å²) in [6.45, 7) is 0.361. The number of imidazole rings is 1. The number of benzene rings is 1. The number of nitrogens with two attached hydrogens (primary N) is 1. The SMILES string of the molecule is Cn1c(=O)c2c(nc(SCC(N)=O)n2CC=Cc2ccccc2)n(C)c1=O. The molecule has 1 aromatic carbocycles. The predicted octanol–water partition coefficient (Wildman–Crippen LogP) is 0.724. The molecule has 0 atom stereocenters. The van der Waals surface area contributed by atoms with E-state index >= 15 is 0 Å². The van der Waals surface area contributed by atoms with Crippen molar-refractivity contribution in [3.63, 3.8) is 0 Å². The first-order valence-corrected chi connectivity index (χ1v) is 9.17. The third-order valence-electron chi connectivity index (χ3n) is 4.05. The number of amides is 1. The minimum Gasteiger partial charge on any atom is -0.369 e. The highest BCUT2D eigenvalue weighted by molar-refractivity contribution is 7.99. The molecule has 2 aromatic heterocycles. The summed E-state index contributed by atoms with van der Waals surface area (Å²) >= 11 is 1.14. The zero-order chi connectivity index (χ0) is 19.6. The Labute approximate surface area is 158 Å². The van der Waals surface area contributed by atoms with E-state index < -0.39 is 17.2 Å². The van der Waals surface area contributed by atoms with Gasteiger partial charge < -0.3 is 10.3 Å². The van der Waals surface area contributed by atoms with Crippen molar-refractivity contribution in [1.82, 2.24) is 18.7 Å². The van der Waals surface area contributed by atoms with Crippen molar-refractivity contribution in [2.45, 2.75) is 11.7 Å². The Kier molecular flexibility index (Phi) is 5.31. The van der Waals surface area contributed by atoms with Gasteiger partial charge in [-0.25, -0.2) is 9.78 Å². The Morgan fingerprint density at radius 2 is 1.89 bits per heavy atom. The van der Waals surface area contributed by atoms with Crippen LogP contribution in [0, 0.1) is 0 Å². The van der Waals surface area contributed by atoms with Crippen molar-refractivity contribution in [3.8, 4) is 0 Å². The van der Waals surface area contributed by atoms with Gasteiger partial charge in [0.1, 0.15) is 0 Å². The van der Waals surface area contributed by atoms with Gasteiger partial charge >= 0.3 is 5.69 Å². The third-order valence-corrected chi connectivity index (χ3v) is 5.05. The topological polar surface area (TPSA) is 105 Å². The average molecular weight is 385 g/mol. The van der Waals surface area contributed by atoms with Crippen LogP contribution in [0.4, 0.5) is 0 Å². The lowest BCUT2D eigenvalue weighted by Crippen LogP contribution is -2.37. The number of aromatic nitrogens is 4. The second-order valence-corrected chi connectivity index (χ2v) is 6.89. The molecular formula is C18H19N5O3S. The number of fused-ring (bicyclic) bond motifs is 1. The molecule has 0 bridgehead atoms. The highest BCUT2D eigenvalue weighted by atomic mass is 32.2. The van der Waals surface area contributed by atoms with Crippen LogP contribution in [-0.4, -0.2) is 30.3 Å². The van der Waals surface area contributed by atoms with Crippen LogP contribution in [0.1, 0.15) is 5.56 Å². The number of primary amides is 1. The van der Waals surface area contributed by atoms with Crippen molar-refractivity contribution in [3.05, 3.63) is 62.8 Å². The van der Waals surface area contributed by atoms with Gasteiger partial charge in [0.2, 0.25) is 5.91 Å². The molecule has 0 saturated carbocycles. The number of hydrogen-bond donors (Lipinski definition) is 1. The number of hydrogen-bond acceptors (Lipinski definition) is 5. The molecule has 0 spiro atoms. The highest BCUT2D eigenvalue weighted by Gasteiger charge is 2.19. The number of carbonyl (C=O) groups excluding carboxylic acids is 1. The molecule has 0 aliphatic heterocycles. The summed E-state index contributed by atoms with van der Waals surface area (Å²) < 4.78 is 4.07. The van der Waals surface area contributed by atoms with Gasteiger partial charge in [-0.05, 0) is 5.56 Å². The van der Waals surface area contributed by atoms with Crippen LogP contribution in [0.25, 0.3) is 17.2 Å². The fraction of sp³-hybridized carbons (Fsp3) is 0.222. The molecule has 0 aliphatic carbocycles. The lowest BCUT2D eigenvalue weighted by Gasteiger charge is -2.06. The first kappa shape index (κ1) is 18.7. The standard InChI is InChI=1S/C18H19N5O3S/c1-21-15-14(16(25)22(2)18(21)26)23(17(20-15)27-11-13(19)24)10-6-9-12-7-4-3-5-8-12/h3-9H,10-11H2,1-2H3,(H2,19,24). The number of allylic oxidation sites excluding steroid dienone is 1. The zero-order valence-corrected chi connectivity index (χ0v) is 15.8. The van der Waals surface area contributed by atoms with Crippen LogP contribution in [-0.2, 0) is 25.4 Å². The van der Waals surface area contributed by atoms with E-state index in [1.807, 2.05) is 42.5 Å². The Hall–Kier alpha value is -3.07. The van der Waals surface area contributed by atoms with Crippen LogP contribution in [0.2, 0.25) is 0 Å². The van der Waals surface area contributed by atoms with Crippen molar-refractivity contribution >= 4 is 34.9 Å². The number of thioether (sulfide) groups is 1. The van der Waals surface area contributed by atoms with E-state index in [4.69, 9.17) is 5.73 Å². The summed E-state index contributed by atoms with van der Waals surface area (Å²) in [5.74, 6) is -0.458. The molecule has 0 saturated heterocycles. The van der Waals surface area contributed by atoms with Gasteiger partial charge in [0.15, 0.2) is 16.3 Å². The molecule has 2 heterocycles. The smallest absolute Gasteiger partial charge is 0.332 e. The van der Waals surface area contributed by atoms with Crippen molar-refractivity contribution in [1.29, 1.82) is 0 Å². The van der Waals surface area contributed by atoms with Gasteiger partial charge in [-0.1, -0.05) is 54.2 Å². The second kappa shape index (κ2) is 7.67. The summed E-state index contributed by atoms with van der Waals surface area (Å²) in [4.78, 5) is 40.4. The highest BCUT2D eigenvalue weighted by Crippen LogP contribution is 2.21. The van der Waals surface area contributed by atoms with Crippen molar-refractivity contribution < 1.29 is 4.79 Å². The minimum absolute atomic E-state index is 0.0278. The average Bonchev–Trinajstić information content (AvgIpc) is 3.02. The van der Waals surface area contributed by atoms with E-state index in [1.165, 1.54) is 11.6 Å². The largest absolute Gasteiger partial charge is 0.369 e. The summed E-state index contributed by atoms with van der Waals surface area (Å²) in [7, 11) is 2.99. The molecular weight excluding hydrogens is 366 g/mol. The molecule has 1 amide bonds. The van der Waals surface area contributed by atoms with Crippen LogP contribution in [0.15, 0.2) is 51.2 Å². The van der Waals surface area contributed by atoms with Gasteiger partial charge in [0.25, 0.3) is 5.56 Å². The molecule has 0 aliphatic rings. The lowest BCUT2D eigenvalue weighted by atomic mass is 10.2. The van der Waals surface area contributed by atoms with E-state index in [9.17, 15) is 14.4 Å². The Morgan fingerprint density at radius 3 is 2.56 bits per heavy atom. The molecule has 3 rings (SSSR count). The zero-order valence-electron chi connectivity index (χ0n) is 15.0. The second-order valence-electron chi connectivity index (χ2n) is 5.95. The summed E-state index contributed by atoms with van der Waals surface area (Å²) in [6, 6.07) is 9.74. The van der Waals surface area contributed by atoms with E-state index in [0.29, 0.717) is 17.2 Å². The maximum atomic E-state index is 12.7. The van der Waals surface area contributed by atoms with Crippen LogP contribution in [0.5, 0.6) is 0 Å². The quantitative estimate of drug-likeness (QED) is 0.630. The predicted molar refractivity (Wildman–Crippen MR) is 106 cm³/mol. The molecule has 3 aromatic rings. The molecule has 0 radical (unpaired) electrons. The molecule has 0 fully saturated rings. The van der Waals surface area contributed by atoms with E-state index in [0.717, 1.165) is 21.9 Å². The number of aryl methyl sites for hydroxylation is 1. The number of carbonyl (C=O) groups is 1. The monoisotopic (exact) mass is 385 g/mol. The molecule has 27 heavy (non-hydrogen) atoms. The van der Waals surface area contributed by atoms with Gasteiger partial charge in [-0.15, -0.1) is 0 Å². The first-order chi connectivity index (χ1) is 12.9. The van der Waals surface area contributed by atoms with E-state index in [1.54, 1.807) is 11.6 Å². The summed E-state index contributed by atoms with van der Waals surface area (Å²) in [5, 5.41) is 0.458. The lowest BCUT2D eigenvalue weighted by molar-refractivity contribution is -0.115. The summed E-state index contributed by atoms with van der Waals surface area (Å²) in [6.07, 6.45) is 3.83. The normalized spacial score (nSPS) is 11.5. The minimum atomic E-state index is -0.486. The Bertz CT molecular complexity index is 1140. The summed E-state index contributed by atoms with van der Waals surface area (Å²) in [5.41, 5.74) is 5.96. The van der Waals surface area contributed by atoms with Crippen molar-refractivity contribution in [2.75, 3.05) is 5.75 Å². The fourth-order valence-electron chi connectivity index (χ4n) is 2.70. The van der Waals surface area contributed by atoms with Crippen molar-refractivity contribution in [2.24, 2.45) is 19.8 Å². The van der Waals surface area contributed by atoms with Crippen LogP contribution >= 0.6 is 11.8 Å².